The van der Waals surface area contributed by atoms with Gasteiger partial charge >= 0.3 is 4.87 Å². The van der Waals surface area contributed by atoms with Crippen molar-refractivity contribution in [3.63, 3.8) is 0 Å². The zero-order chi connectivity index (χ0) is 28.1. The second-order valence-corrected chi connectivity index (χ2v) is 12.7. The normalized spacial score (nSPS) is 19.9. The highest BCUT2D eigenvalue weighted by Gasteiger charge is 2.56. The van der Waals surface area contributed by atoms with Crippen LogP contribution in [0.3, 0.4) is 0 Å². The molecule has 3 heterocycles. The molecule has 6 rings (SSSR count). The molecule has 8 nitrogen and oxygen atoms in total. The Kier molecular flexibility index (Phi) is 6.89. The fourth-order valence-electron chi connectivity index (χ4n) is 5.12. The van der Waals surface area contributed by atoms with Crippen LogP contribution in [0.25, 0.3) is 0 Å². The Morgan fingerprint density at radius 1 is 0.950 bits per heavy atom. The number of benzene rings is 3. The minimum absolute atomic E-state index is 0.0709. The number of amides is 3. The molecule has 2 aliphatic rings. The molecule has 1 fully saturated rings. The molecule has 0 radical (unpaired) electrons. The van der Waals surface area contributed by atoms with E-state index in [4.69, 9.17) is 0 Å². The van der Waals surface area contributed by atoms with Crippen molar-refractivity contribution < 1.29 is 19.5 Å². The lowest BCUT2D eigenvalue weighted by atomic mass is 9.83. The van der Waals surface area contributed by atoms with E-state index in [2.05, 4.69) is 21.2 Å². The number of imide groups is 1. The molecule has 11 heteroatoms. The summed E-state index contributed by atoms with van der Waals surface area (Å²) in [6.07, 6.45) is 0. The summed E-state index contributed by atoms with van der Waals surface area (Å²) in [7, 11) is 0. The Balaban J connectivity index is 1.40. The molecule has 2 N–H and O–H groups in total. The Labute approximate surface area is 245 Å². The fraction of sp³-hybridized carbons (Fsp3) is 0.172. The smallest absolute Gasteiger partial charge is 0.308 e. The molecule has 1 aromatic heterocycles. The zero-order valence-electron chi connectivity index (χ0n) is 21.0. The maximum Gasteiger partial charge on any atom is 0.308 e. The van der Waals surface area contributed by atoms with Gasteiger partial charge in [0, 0.05) is 21.0 Å². The van der Waals surface area contributed by atoms with Crippen molar-refractivity contribution in [1.29, 1.82) is 0 Å². The van der Waals surface area contributed by atoms with Crippen molar-refractivity contribution in [3.05, 3.63) is 103 Å². The minimum atomic E-state index is -0.754. The maximum atomic E-state index is 13.9. The Hall–Kier alpha value is -3.67. The van der Waals surface area contributed by atoms with Gasteiger partial charge in [-0.15, -0.1) is 0 Å². The van der Waals surface area contributed by atoms with Crippen molar-refractivity contribution in [2.45, 2.75) is 29.7 Å². The lowest BCUT2D eigenvalue weighted by Crippen LogP contribution is -2.33. The molecule has 3 amide bonds. The number of fused-ring (bicyclic) bond motifs is 2. The van der Waals surface area contributed by atoms with Gasteiger partial charge in [0.1, 0.15) is 17.5 Å². The topological polar surface area (TPSA) is 109 Å². The van der Waals surface area contributed by atoms with E-state index in [1.807, 2.05) is 43.3 Å². The van der Waals surface area contributed by atoms with Gasteiger partial charge in [-0.05, 0) is 61.0 Å². The van der Waals surface area contributed by atoms with Crippen LogP contribution in [0.4, 0.5) is 11.4 Å². The van der Waals surface area contributed by atoms with Crippen LogP contribution in [0.1, 0.15) is 21.9 Å². The number of anilines is 2. The van der Waals surface area contributed by atoms with E-state index < -0.39 is 23.0 Å². The van der Waals surface area contributed by atoms with Gasteiger partial charge < -0.3 is 10.4 Å². The quantitative estimate of drug-likeness (QED) is 0.233. The number of rotatable bonds is 5. The van der Waals surface area contributed by atoms with E-state index in [-0.39, 0.29) is 29.0 Å². The summed E-state index contributed by atoms with van der Waals surface area (Å²) >= 11 is 5.64. The molecule has 202 valence electrons. The lowest BCUT2D eigenvalue weighted by molar-refractivity contribution is -0.122. The van der Waals surface area contributed by atoms with Gasteiger partial charge in [0.15, 0.2) is 0 Å². The maximum absolute atomic E-state index is 13.9. The van der Waals surface area contributed by atoms with E-state index >= 15 is 0 Å². The number of hydrogen-bond donors (Lipinski definition) is 2. The number of aromatic hydroxyl groups is 1. The van der Waals surface area contributed by atoms with Gasteiger partial charge in [0.2, 0.25) is 17.7 Å². The summed E-state index contributed by atoms with van der Waals surface area (Å²) in [6, 6.07) is 20.8. The highest BCUT2D eigenvalue weighted by Crippen LogP contribution is 2.54. The Morgan fingerprint density at radius 3 is 2.30 bits per heavy atom. The number of thioether (sulfide) groups is 1. The molecule has 0 aliphatic carbocycles. The number of phenols is 1. The van der Waals surface area contributed by atoms with E-state index in [1.165, 1.54) is 33.4 Å². The molecule has 0 saturated carbocycles. The third kappa shape index (κ3) is 4.67. The predicted octanol–water partition coefficient (Wildman–Crippen LogP) is 5.12. The number of nitrogens with zero attached hydrogens (tertiary/aromatic N) is 2. The van der Waals surface area contributed by atoms with Crippen LogP contribution in [0.2, 0.25) is 0 Å². The molecule has 4 aromatic rings. The number of phenolic OH excluding ortho intramolecular Hbond substituents is 1. The minimum Gasteiger partial charge on any atom is -0.508 e. The number of thiazole rings is 1. The first-order valence-corrected chi connectivity index (χ1v) is 14.9. The van der Waals surface area contributed by atoms with Crippen LogP contribution in [0.5, 0.6) is 5.75 Å². The van der Waals surface area contributed by atoms with Crippen molar-refractivity contribution in [3.8, 4) is 5.75 Å². The van der Waals surface area contributed by atoms with E-state index in [0.717, 1.165) is 26.9 Å². The molecular weight excluding hydrogens is 614 g/mol. The van der Waals surface area contributed by atoms with Crippen LogP contribution >= 0.6 is 39.0 Å². The summed E-state index contributed by atoms with van der Waals surface area (Å²) in [6.45, 7) is 1.68. The molecule has 3 aromatic carbocycles. The van der Waals surface area contributed by atoms with Crippen LogP contribution in [-0.4, -0.2) is 32.6 Å². The Morgan fingerprint density at radius 2 is 1.62 bits per heavy atom. The summed E-state index contributed by atoms with van der Waals surface area (Å²) in [5, 5.41) is 12.0. The second-order valence-electron chi connectivity index (χ2n) is 9.66. The molecule has 0 bridgehead atoms. The van der Waals surface area contributed by atoms with E-state index in [1.54, 1.807) is 24.3 Å². The van der Waals surface area contributed by atoms with Gasteiger partial charge in [-0.2, -0.15) is 0 Å². The number of aromatic nitrogens is 1. The van der Waals surface area contributed by atoms with E-state index in [0.29, 0.717) is 21.3 Å². The highest BCUT2D eigenvalue weighted by atomic mass is 79.9. The molecule has 3 atom stereocenters. The SMILES string of the molecule is Cc1ccc(N2C(=O)C3Sc4c(sc(=O)n4CC(=O)Nc4ccc(O)cc4)[C@H](c4ccc(Br)cc4)C3C2=O)cc1. The number of halogens is 1. The first-order valence-electron chi connectivity index (χ1n) is 12.4. The first-order chi connectivity index (χ1) is 19.2. The van der Waals surface area contributed by atoms with Crippen molar-refractivity contribution in [2.24, 2.45) is 5.92 Å². The predicted molar refractivity (Wildman–Crippen MR) is 158 cm³/mol. The fourth-order valence-corrected chi connectivity index (χ4v) is 8.16. The molecular formula is C29H22BrN3O5S2. The zero-order valence-corrected chi connectivity index (χ0v) is 24.3. The third-order valence-corrected chi connectivity index (χ3v) is 10.2. The summed E-state index contributed by atoms with van der Waals surface area (Å²) in [5.74, 6) is -2.23. The van der Waals surface area contributed by atoms with Gasteiger partial charge in [-0.3, -0.25) is 23.7 Å². The third-order valence-electron chi connectivity index (χ3n) is 7.02. The molecule has 2 aliphatic heterocycles. The molecule has 2 unspecified atom stereocenters. The number of carbonyl (C=O) groups excluding carboxylic acids is 3. The highest BCUT2D eigenvalue weighted by molar-refractivity contribution is 9.10. The first kappa shape index (κ1) is 26.5. The number of carbonyl (C=O) groups is 3. The van der Waals surface area contributed by atoms with Crippen molar-refractivity contribution in [2.75, 3.05) is 10.2 Å². The van der Waals surface area contributed by atoms with Crippen molar-refractivity contribution in [1.82, 2.24) is 4.57 Å². The average Bonchev–Trinajstić information content (AvgIpc) is 3.37. The monoisotopic (exact) mass is 635 g/mol. The van der Waals surface area contributed by atoms with Crippen LogP contribution in [0, 0.1) is 12.8 Å². The van der Waals surface area contributed by atoms with Crippen LogP contribution < -0.4 is 15.1 Å². The largest absolute Gasteiger partial charge is 0.508 e. The summed E-state index contributed by atoms with van der Waals surface area (Å²) in [4.78, 5) is 55.4. The standard InChI is InChI=1S/C29H22BrN3O5S2/c1-15-2-10-19(11-3-15)33-26(36)23-22(16-4-6-17(30)7-5-16)25-28(39-24(23)27(33)37)32(29(38)40-25)14-21(35)31-18-8-12-20(34)13-9-18/h2-13,22-24,34H,14H2,1H3,(H,31,35)/t22-,23?,24?/m1/s1. The Bertz CT molecular complexity index is 1700. The van der Waals surface area contributed by atoms with Gasteiger partial charge in [0.05, 0.1) is 16.6 Å². The second kappa shape index (κ2) is 10.4. The molecule has 40 heavy (non-hydrogen) atoms. The van der Waals surface area contributed by atoms with Crippen molar-refractivity contribution >= 4 is 68.1 Å². The summed E-state index contributed by atoms with van der Waals surface area (Å²) in [5.41, 5.74) is 2.82. The van der Waals surface area contributed by atoms with Crippen LogP contribution in [0.15, 0.2) is 87.1 Å². The van der Waals surface area contributed by atoms with Crippen LogP contribution in [-0.2, 0) is 20.9 Å². The molecule has 0 spiro atoms. The van der Waals surface area contributed by atoms with E-state index in [9.17, 15) is 24.3 Å². The summed E-state index contributed by atoms with van der Waals surface area (Å²) < 4.78 is 2.25. The van der Waals surface area contributed by atoms with Gasteiger partial charge in [0.25, 0.3) is 0 Å². The molecule has 1 saturated heterocycles. The van der Waals surface area contributed by atoms with Gasteiger partial charge in [-0.25, -0.2) is 4.90 Å². The lowest BCUT2D eigenvalue weighted by Gasteiger charge is -2.30. The number of hydrogen-bond acceptors (Lipinski definition) is 7. The van der Waals surface area contributed by atoms with Gasteiger partial charge in [-0.1, -0.05) is 68.9 Å². The average molecular weight is 637 g/mol. The number of aryl methyl sites for hydroxylation is 1. The number of nitrogens with one attached hydrogen (secondary N) is 1.